The standard InChI is InChI=1S/C23H29N5O2/c1-15-12-16(2)28(26-15)17(3)23(29)27-10-8-18(9-11-27)22-21(14-24-25-22)19-6-5-7-20(13-19)30-4/h5-7,12-14,17-18H,8-11H2,1-4H3,(H,24,25)/t17-/m0/s1. The first-order valence-corrected chi connectivity index (χ1v) is 10.5. The molecule has 0 unspecified atom stereocenters. The van der Waals surface area contributed by atoms with Crippen molar-refractivity contribution in [1.82, 2.24) is 24.9 Å². The minimum absolute atomic E-state index is 0.136. The number of likely N-dealkylation sites (tertiary alicyclic amines) is 1. The third-order valence-electron chi connectivity index (χ3n) is 6.03. The van der Waals surface area contributed by atoms with Crippen LogP contribution in [0.15, 0.2) is 36.5 Å². The van der Waals surface area contributed by atoms with Gasteiger partial charge < -0.3 is 9.64 Å². The van der Waals surface area contributed by atoms with Gasteiger partial charge in [-0.1, -0.05) is 12.1 Å². The van der Waals surface area contributed by atoms with Gasteiger partial charge in [-0.15, -0.1) is 0 Å². The Hall–Kier alpha value is -3.09. The van der Waals surface area contributed by atoms with E-state index in [1.54, 1.807) is 7.11 Å². The maximum atomic E-state index is 13.0. The van der Waals surface area contributed by atoms with E-state index in [1.165, 1.54) is 0 Å². The summed E-state index contributed by atoms with van der Waals surface area (Å²) in [5, 5.41) is 12.0. The molecule has 1 N–H and O–H groups in total. The Kier molecular flexibility index (Phi) is 5.61. The molecule has 158 valence electrons. The van der Waals surface area contributed by atoms with Crippen molar-refractivity contribution >= 4 is 5.91 Å². The van der Waals surface area contributed by atoms with Gasteiger partial charge in [-0.05, 0) is 57.4 Å². The van der Waals surface area contributed by atoms with E-state index in [0.29, 0.717) is 5.92 Å². The third-order valence-corrected chi connectivity index (χ3v) is 6.03. The quantitative estimate of drug-likeness (QED) is 0.697. The van der Waals surface area contributed by atoms with Crippen molar-refractivity contribution in [3.05, 3.63) is 53.6 Å². The number of aromatic nitrogens is 4. The number of carbonyl (C=O) groups is 1. The van der Waals surface area contributed by atoms with Crippen LogP contribution < -0.4 is 4.74 Å². The fourth-order valence-electron chi connectivity index (χ4n) is 4.42. The van der Waals surface area contributed by atoms with Gasteiger partial charge in [-0.3, -0.25) is 14.6 Å². The van der Waals surface area contributed by atoms with E-state index < -0.39 is 0 Å². The molecule has 1 aliphatic rings. The van der Waals surface area contributed by atoms with Gasteiger partial charge in [0.2, 0.25) is 5.91 Å². The lowest BCUT2D eigenvalue weighted by atomic mass is 9.89. The maximum Gasteiger partial charge on any atom is 0.247 e. The summed E-state index contributed by atoms with van der Waals surface area (Å²) in [5.41, 5.74) is 5.30. The molecule has 1 aliphatic heterocycles. The summed E-state index contributed by atoms with van der Waals surface area (Å²) >= 11 is 0. The molecule has 7 heteroatoms. The lowest BCUT2D eigenvalue weighted by Gasteiger charge is -2.33. The summed E-state index contributed by atoms with van der Waals surface area (Å²) in [6.07, 6.45) is 3.70. The average molecular weight is 408 g/mol. The van der Waals surface area contributed by atoms with Gasteiger partial charge in [0.05, 0.1) is 19.0 Å². The van der Waals surface area contributed by atoms with Gasteiger partial charge >= 0.3 is 0 Å². The van der Waals surface area contributed by atoms with Crippen molar-refractivity contribution in [2.24, 2.45) is 0 Å². The number of aryl methyl sites for hydroxylation is 2. The maximum absolute atomic E-state index is 13.0. The number of amides is 1. The minimum atomic E-state index is -0.283. The van der Waals surface area contributed by atoms with Crippen LogP contribution >= 0.6 is 0 Å². The SMILES string of the molecule is COc1cccc(-c2cn[nH]c2C2CCN(C(=O)[C@H](C)n3nc(C)cc3C)CC2)c1. The molecule has 30 heavy (non-hydrogen) atoms. The van der Waals surface area contributed by atoms with E-state index in [-0.39, 0.29) is 11.9 Å². The normalized spacial score (nSPS) is 15.9. The topological polar surface area (TPSA) is 76.0 Å². The Labute approximate surface area is 177 Å². The average Bonchev–Trinajstić information content (AvgIpc) is 3.39. The predicted molar refractivity (Wildman–Crippen MR) is 116 cm³/mol. The second-order valence-electron chi connectivity index (χ2n) is 8.08. The highest BCUT2D eigenvalue weighted by Gasteiger charge is 2.30. The van der Waals surface area contributed by atoms with Crippen LogP contribution in [0.2, 0.25) is 0 Å². The number of hydrogen-bond donors (Lipinski definition) is 1. The molecule has 1 amide bonds. The number of benzene rings is 1. The van der Waals surface area contributed by atoms with Crippen molar-refractivity contribution in [2.45, 2.75) is 45.6 Å². The van der Waals surface area contributed by atoms with Crippen LogP contribution in [0.5, 0.6) is 5.75 Å². The number of hydrogen-bond acceptors (Lipinski definition) is 4. The number of H-pyrrole nitrogens is 1. The van der Waals surface area contributed by atoms with Crippen molar-refractivity contribution in [3.63, 3.8) is 0 Å². The molecule has 1 fully saturated rings. The highest BCUT2D eigenvalue weighted by atomic mass is 16.5. The number of aromatic amines is 1. The largest absolute Gasteiger partial charge is 0.497 e. The highest BCUT2D eigenvalue weighted by molar-refractivity contribution is 5.80. The monoisotopic (exact) mass is 407 g/mol. The van der Waals surface area contributed by atoms with Crippen LogP contribution in [0.4, 0.5) is 0 Å². The number of methoxy groups -OCH3 is 1. The lowest BCUT2D eigenvalue weighted by molar-refractivity contribution is -0.135. The van der Waals surface area contributed by atoms with Gasteiger partial charge in [0.15, 0.2) is 0 Å². The molecule has 1 saturated heterocycles. The number of piperidine rings is 1. The third kappa shape index (κ3) is 3.84. The Morgan fingerprint density at radius 2 is 2.00 bits per heavy atom. The number of nitrogens with zero attached hydrogens (tertiary/aromatic N) is 4. The number of carbonyl (C=O) groups excluding carboxylic acids is 1. The number of rotatable bonds is 5. The molecule has 2 aromatic heterocycles. The number of nitrogens with one attached hydrogen (secondary N) is 1. The van der Waals surface area contributed by atoms with E-state index in [9.17, 15) is 4.79 Å². The van der Waals surface area contributed by atoms with Crippen molar-refractivity contribution in [1.29, 1.82) is 0 Å². The van der Waals surface area contributed by atoms with Gasteiger partial charge in [0.1, 0.15) is 11.8 Å². The fraction of sp³-hybridized carbons (Fsp3) is 0.435. The van der Waals surface area contributed by atoms with E-state index in [4.69, 9.17) is 4.74 Å². The molecule has 3 heterocycles. The van der Waals surface area contributed by atoms with Gasteiger partial charge in [0, 0.05) is 36.0 Å². The van der Waals surface area contributed by atoms with Crippen LogP contribution in [-0.4, -0.2) is 51.0 Å². The number of ether oxygens (including phenoxy) is 1. The highest BCUT2D eigenvalue weighted by Crippen LogP contribution is 2.35. The molecule has 0 radical (unpaired) electrons. The summed E-state index contributed by atoms with van der Waals surface area (Å²) < 4.78 is 7.20. The van der Waals surface area contributed by atoms with Crippen LogP contribution in [0.25, 0.3) is 11.1 Å². The summed E-state index contributed by atoms with van der Waals surface area (Å²) in [6.45, 7) is 7.36. The first-order valence-electron chi connectivity index (χ1n) is 10.5. The van der Waals surface area contributed by atoms with Crippen molar-refractivity contribution in [3.8, 4) is 16.9 Å². The van der Waals surface area contributed by atoms with Crippen molar-refractivity contribution < 1.29 is 9.53 Å². The van der Waals surface area contributed by atoms with E-state index in [0.717, 1.165) is 59.9 Å². The Bertz CT molecular complexity index is 1030. The van der Waals surface area contributed by atoms with Gasteiger partial charge in [-0.2, -0.15) is 10.2 Å². The molecule has 4 rings (SSSR count). The molecule has 0 bridgehead atoms. The zero-order valence-corrected chi connectivity index (χ0v) is 18.1. The van der Waals surface area contributed by atoms with E-state index in [1.807, 2.05) is 60.8 Å². The van der Waals surface area contributed by atoms with Crippen LogP contribution in [0.1, 0.15) is 48.8 Å². The summed E-state index contributed by atoms with van der Waals surface area (Å²) in [7, 11) is 1.68. The van der Waals surface area contributed by atoms with Crippen LogP contribution in [0.3, 0.4) is 0 Å². The molecule has 0 aliphatic carbocycles. The molecule has 7 nitrogen and oxygen atoms in total. The molecule has 1 aromatic carbocycles. The summed E-state index contributed by atoms with van der Waals surface area (Å²) in [6, 6.07) is 9.77. The lowest BCUT2D eigenvalue weighted by Crippen LogP contribution is -2.41. The van der Waals surface area contributed by atoms with Crippen molar-refractivity contribution in [2.75, 3.05) is 20.2 Å². The minimum Gasteiger partial charge on any atom is -0.497 e. The molecule has 3 aromatic rings. The Balaban J connectivity index is 1.45. The molecule has 1 atom stereocenters. The second-order valence-corrected chi connectivity index (χ2v) is 8.08. The van der Waals surface area contributed by atoms with E-state index >= 15 is 0 Å². The van der Waals surface area contributed by atoms with Gasteiger partial charge in [-0.25, -0.2) is 0 Å². The first-order chi connectivity index (χ1) is 14.5. The molecule has 0 saturated carbocycles. The summed E-state index contributed by atoms with van der Waals surface area (Å²) in [5.74, 6) is 1.32. The fourth-order valence-corrected chi connectivity index (χ4v) is 4.42. The second kappa shape index (κ2) is 8.34. The molecular weight excluding hydrogens is 378 g/mol. The smallest absolute Gasteiger partial charge is 0.247 e. The Morgan fingerprint density at radius 3 is 2.67 bits per heavy atom. The first kappa shape index (κ1) is 20.2. The van der Waals surface area contributed by atoms with Crippen LogP contribution in [-0.2, 0) is 4.79 Å². The zero-order valence-electron chi connectivity index (χ0n) is 18.1. The summed E-state index contributed by atoms with van der Waals surface area (Å²) in [4.78, 5) is 15.0. The molecule has 0 spiro atoms. The molecular formula is C23H29N5O2. The van der Waals surface area contributed by atoms with E-state index in [2.05, 4.69) is 21.4 Å². The predicted octanol–water partition coefficient (Wildman–Crippen LogP) is 3.87. The van der Waals surface area contributed by atoms with Gasteiger partial charge in [0.25, 0.3) is 0 Å². The Morgan fingerprint density at radius 1 is 1.23 bits per heavy atom. The zero-order chi connectivity index (χ0) is 21.3. The van der Waals surface area contributed by atoms with Crippen LogP contribution in [0, 0.1) is 13.8 Å².